The van der Waals surface area contributed by atoms with Gasteiger partial charge in [0, 0.05) is 25.6 Å². The molecular formula is C34H54N6O9. The molecule has 10 N–H and O–H groups in total. The maximum absolute atomic E-state index is 14.5. The molecule has 2 aliphatic heterocycles. The molecule has 15 nitrogen and oxygen atoms in total. The molecule has 0 radical (unpaired) electrons. The van der Waals surface area contributed by atoms with E-state index in [0.29, 0.717) is 51.6 Å². The van der Waals surface area contributed by atoms with Crippen LogP contribution in [-0.4, -0.2) is 124 Å². The van der Waals surface area contributed by atoms with Gasteiger partial charge >= 0.3 is 0 Å². The van der Waals surface area contributed by atoms with Gasteiger partial charge in [0.2, 0.25) is 17.7 Å². The van der Waals surface area contributed by atoms with E-state index in [1.165, 1.54) is 0 Å². The van der Waals surface area contributed by atoms with Crippen molar-refractivity contribution >= 4 is 23.7 Å². The van der Waals surface area contributed by atoms with Crippen LogP contribution >= 0.6 is 0 Å². The van der Waals surface area contributed by atoms with E-state index in [0.717, 1.165) is 5.56 Å². The third-order valence-corrected chi connectivity index (χ3v) is 9.54. The van der Waals surface area contributed by atoms with E-state index in [2.05, 4.69) is 15.6 Å². The van der Waals surface area contributed by atoms with E-state index in [-0.39, 0.29) is 43.2 Å². The number of benzene rings is 1. The first-order valence-electron chi connectivity index (χ1n) is 17.3. The van der Waals surface area contributed by atoms with Gasteiger partial charge in [0.1, 0.15) is 36.5 Å². The van der Waals surface area contributed by atoms with Crippen LogP contribution in [0.4, 0.5) is 0 Å². The monoisotopic (exact) mass is 690 g/mol. The van der Waals surface area contributed by atoms with Crippen molar-refractivity contribution in [3.8, 4) is 0 Å². The van der Waals surface area contributed by atoms with Gasteiger partial charge in [-0.3, -0.25) is 19.4 Å². The number of carbonyl (C=O) groups is 3. The van der Waals surface area contributed by atoms with Crippen LogP contribution in [0, 0.1) is 11.8 Å². The average molecular weight is 691 g/mol. The first kappa shape index (κ1) is 38.5. The Hall–Kier alpha value is -3.34. The van der Waals surface area contributed by atoms with Crippen molar-refractivity contribution in [1.29, 1.82) is 0 Å². The number of aliphatic hydroxyl groups is 4. The average Bonchev–Trinajstić information content (AvgIpc) is 3.45. The van der Waals surface area contributed by atoms with E-state index in [4.69, 9.17) is 20.9 Å². The fraction of sp³-hybridized carbons (Fsp3) is 0.706. The lowest BCUT2D eigenvalue weighted by atomic mass is 9.82. The highest BCUT2D eigenvalue weighted by Crippen LogP contribution is 2.42. The van der Waals surface area contributed by atoms with Crippen molar-refractivity contribution < 1.29 is 44.3 Å². The van der Waals surface area contributed by atoms with Crippen molar-refractivity contribution in [2.45, 2.75) is 120 Å². The minimum Gasteiger partial charge on any atom is -0.388 e. The first-order valence-corrected chi connectivity index (χ1v) is 17.3. The number of guanidine groups is 1. The minimum absolute atomic E-state index is 0.00277. The number of likely N-dealkylation sites (tertiary alicyclic amines) is 1. The van der Waals surface area contributed by atoms with Gasteiger partial charge in [-0.25, -0.2) is 0 Å². The number of rotatable bonds is 15. The Morgan fingerprint density at radius 1 is 1.06 bits per heavy atom. The zero-order valence-corrected chi connectivity index (χ0v) is 28.4. The zero-order chi connectivity index (χ0) is 35.7. The molecule has 4 rings (SSSR count). The number of hydrogen-bond acceptors (Lipinski definition) is 10. The molecule has 274 valence electrons. The second kappa shape index (κ2) is 18.1. The van der Waals surface area contributed by atoms with E-state index in [1.807, 2.05) is 44.2 Å². The molecule has 0 bridgehead atoms. The third kappa shape index (κ3) is 10.6. The van der Waals surface area contributed by atoms with Crippen LogP contribution in [0.25, 0.3) is 0 Å². The summed E-state index contributed by atoms with van der Waals surface area (Å²) in [5, 5.41) is 47.0. The molecule has 15 heteroatoms. The van der Waals surface area contributed by atoms with Gasteiger partial charge in [-0.1, -0.05) is 44.2 Å². The molecule has 3 aliphatic rings. The number of unbranched alkanes of at least 4 members (excludes halogenated alkanes) is 1. The van der Waals surface area contributed by atoms with Crippen LogP contribution in [0.15, 0.2) is 35.3 Å². The molecule has 49 heavy (non-hydrogen) atoms. The molecular weight excluding hydrogens is 636 g/mol. The molecule has 0 aromatic heterocycles. The van der Waals surface area contributed by atoms with Crippen LogP contribution < -0.4 is 22.1 Å². The van der Waals surface area contributed by atoms with E-state index in [1.54, 1.807) is 4.90 Å². The van der Waals surface area contributed by atoms with Crippen molar-refractivity contribution in [1.82, 2.24) is 15.5 Å². The summed E-state index contributed by atoms with van der Waals surface area (Å²) in [6.45, 7) is 4.45. The number of ether oxygens (including phenoxy) is 2. The Morgan fingerprint density at radius 3 is 2.49 bits per heavy atom. The topological polar surface area (TPSA) is 242 Å². The summed E-state index contributed by atoms with van der Waals surface area (Å²) < 4.78 is 11.6. The lowest BCUT2D eigenvalue weighted by molar-refractivity contribution is -0.285. The van der Waals surface area contributed by atoms with Crippen LogP contribution in [0.2, 0.25) is 0 Å². The fourth-order valence-electron chi connectivity index (χ4n) is 7.03. The van der Waals surface area contributed by atoms with Gasteiger partial charge in [-0.2, -0.15) is 0 Å². The second-order valence-corrected chi connectivity index (χ2v) is 13.8. The Kier molecular flexibility index (Phi) is 14.2. The molecule has 1 aromatic carbocycles. The van der Waals surface area contributed by atoms with E-state index >= 15 is 0 Å². The Balaban J connectivity index is 1.51. The van der Waals surface area contributed by atoms with Gasteiger partial charge in [0.15, 0.2) is 12.2 Å². The Morgan fingerprint density at radius 2 is 1.80 bits per heavy atom. The molecule has 1 saturated carbocycles. The number of aliphatic hydroxyl groups excluding tert-OH is 4. The highest BCUT2D eigenvalue weighted by atomic mass is 16.7. The Labute approximate surface area is 287 Å². The van der Waals surface area contributed by atoms with E-state index in [9.17, 15) is 34.8 Å². The van der Waals surface area contributed by atoms with E-state index < -0.39 is 66.7 Å². The Bertz CT molecular complexity index is 1270. The first-order chi connectivity index (χ1) is 23.3. The molecule has 0 unspecified atom stereocenters. The summed E-state index contributed by atoms with van der Waals surface area (Å²) in [6, 6.07) is 6.89. The van der Waals surface area contributed by atoms with Gasteiger partial charge < -0.3 is 56.9 Å². The molecule has 1 aliphatic carbocycles. The maximum atomic E-state index is 14.5. The molecule has 1 aromatic rings. The number of aliphatic imine (C=N–C) groups is 1. The molecule has 3 fully saturated rings. The second-order valence-electron chi connectivity index (χ2n) is 13.8. The number of carbonyl (C=O) groups excluding carboxylic acids is 3. The van der Waals surface area contributed by atoms with Crippen LogP contribution in [0.1, 0.15) is 64.4 Å². The normalized spacial score (nSPS) is 29.5. The summed E-state index contributed by atoms with van der Waals surface area (Å²) in [5.41, 5.74) is 11.5. The van der Waals surface area contributed by atoms with Crippen molar-refractivity contribution in [3.63, 3.8) is 0 Å². The summed E-state index contributed by atoms with van der Waals surface area (Å²) in [5.74, 6) is -1.40. The quantitative estimate of drug-likeness (QED) is 0.0623. The predicted molar refractivity (Wildman–Crippen MR) is 179 cm³/mol. The highest BCUT2D eigenvalue weighted by Gasteiger charge is 2.51. The largest absolute Gasteiger partial charge is 0.388 e. The SMILES string of the molecule is CC(C)C[C@@H](NC(=O)[C@H](O)Cc1ccccc1)C(=O)N1[C@H](C(=O)NCCCCN=C(N)N)C[C@@H]2CC[C@@H](O[C@H]3OC[C@@H](O)[C@H](O)[C@H]3O)C[C@@H]21. The molecule has 10 atom stereocenters. The number of nitrogens with two attached hydrogens (primary N) is 2. The van der Waals surface area contributed by atoms with Crippen molar-refractivity contribution in [2.24, 2.45) is 28.3 Å². The van der Waals surface area contributed by atoms with Crippen LogP contribution in [-0.2, 0) is 30.3 Å². The number of nitrogens with zero attached hydrogens (tertiary/aromatic N) is 2. The van der Waals surface area contributed by atoms with Gasteiger partial charge in [0.25, 0.3) is 0 Å². The number of nitrogens with one attached hydrogen (secondary N) is 2. The maximum Gasteiger partial charge on any atom is 0.249 e. The predicted octanol–water partition coefficient (Wildman–Crippen LogP) is -1.12. The molecule has 2 heterocycles. The molecule has 3 amide bonds. The highest BCUT2D eigenvalue weighted by molar-refractivity contribution is 5.93. The molecule has 2 saturated heterocycles. The fourth-order valence-corrected chi connectivity index (χ4v) is 7.03. The summed E-state index contributed by atoms with van der Waals surface area (Å²) >= 11 is 0. The summed E-state index contributed by atoms with van der Waals surface area (Å²) in [4.78, 5) is 47.0. The minimum atomic E-state index is -1.46. The van der Waals surface area contributed by atoms with Crippen molar-refractivity contribution in [3.05, 3.63) is 35.9 Å². The summed E-state index contributed by atoms with van der Waals surface area (Å²) in [6.07, 6.45) is -3.51. The van der Waals surface area contributed by atoms with Crippen LogP contribution in [0.5, 0.6) is 0 Å². The smallest absolute Gasteiger partial charge is 0.249 e. The number of fused-ring (bicyclic) bond motifs is 1. The number of hydrogen-bond donors (Lipinski definition) is 8. The van der Waals surface area contributed by atoms with Gasteiger partial charge in [0.05, 0.1) is 12.7 Å². The summed E-state index contributed by atoms with van der Waals surface area (Å²) in [7, 11) is 0. The van der Waals surface area contributed by atoms with Gasteiger partial charge in [-0.15, -0.1) is 0 Å². The lowest BCUT2D eigenvalue weighted by Gasteiger charge is -2.41. The number of amides is 3. The zero-order valence-electron chi connectivity index (χ0n) is 28.4. The molecule has 0 spiro atoms. The lowest BCUT2D eigenvalue weighted by Crippen LogP contribution is -2.58. The standard InChI is InChI=1S/C34H54N6O9/c1-19(2)14-23(39-31(46)26(41)15-20-8-4-3-5-9-20)32(47)40-24-17-22(49-33-29(44)28(43)27(42)18-48-33)11-10-21(24)16-25(40)30(45)37-12-6-7-13-38-34(35)36/h3-5,8-9,19,21-29,33,41-44H,6-7,10-18H2,1-2H3,(H,37,45)(H,39,46)(H4,35,36,38)/t21-,22+,23+,24-,25-,26+,27+,28-,29+,33+/m0/s1. The van der Waals surface area contributed by atoms with Crippen molar-refractivity contribution in [2.75, 3.05) is 19.7 Å². The van der Waals surface area contributed by atoms with Crippen LogP contribution in [0.3, 0.4) is 0 Å². The third-order valence-electron chi connectivity index (χ3n) is 9.54. The van der Waals surface area contributed by atoms with Gasteiger partial charge in [-0.05, 0) is 62.3 Å².